The van der Waals surface area contributed by atoms with E-state index >= 15 is 0 Å². The second kappa shape index (κ2) is 8.57. The van der Waals surface area contributed by atoms with Crippen LogP contribution < -0.4 is 5.56 Å². The van der Waals surface area contributed by atoms with Crippen molar-refractivity contribution in [2.45, 2.75) is 31.4 Å². The summed E-state index contributed by atoms with van der Waals surface area (Å²) >= 11 is 0. The van der Waals surface area contributed by atoms with E-state index in [4.69, 9.17) is 4.74 Å². The maximum atomic E-state index is 12.9. The first-order chi connectivity index (χ1) is 16.7. The highest BCUT2D eigenvalue weighted by Crippen LogP contribution is 2.25. The molecule has 1 aliphatic heterocycles. The molecule has 13 heteroatoms. The van der Waals surface area contributed by atoms with Gasteiger partial charge < -0.3 is 9.30 Å². The van der Waals surface area contributed by atoms with Crippen molar-refractivity contribution in [1.29, 1.82) is 0 Å². The molecule has 0 spiro atoms. The van der Waals surface area contributed by atoms with Gasteiger partial charge in [-0.2, -0.15) is 4.31 Å². The molecule has 4 aromatic rings. The molecule has 1 saturated heterocycles. The Kier molecular flexibility index (Phi) is 5.68. The normalized spacial score (nSPS) is 15.7. The lowest BCUT2D eigenvalue weighted by Gasteiger charge is -2.29. The van der Waals surface area contributed by atoms with Crippen LogP contribution in [0.25, 0.3) is 16.7 Å². The van der Waals surface area contributed by atoms with Gasteiger partial charge >= 0.3 is 5.97 Å². The van der Waals surface area contributed by atoms with E-state index < -0.39 is 21.9 Å². The third-order valence-electron chi connectivity index (χ3n) is 6.51. The molecule has 4 heterocycles. The molecule has 0 atom stereocenters. The number of aromatic nitrogens is 6. The maximum absolute atomic E-state index is 12.9. The average molecular weight is 500 g/mol. The number of fused-ring (bicyclic) bond motifs is 3. The van der Waals surface area contributed by atoms with Crippen molar-refractivity contribution in [3.05, 3.63) is 52.5 Å². The van der Waals surface area contributed by atoms with Gasteiger partial charge in [-0.05, 0) is 31.9 Å². The molecule has 1 fully saturated rings. The number of benzene rings is 1. The van der Waals surface area contributed by atoms with Crippen molar-refractivity contribution in [3.63, 3.8) is 0 Å². The zero-order valence-electron chi connectivity index (χ0n) is 19.6. The zero-order chi connectivity index (χ0) is 24.9. The summed E-state index contributed by atoms with van der Waals surface area (Å²) in [6.45, 7) is 2.03. The van der Waals surface area contributed by atoms with Crippen molar-refractivity contribution in [1.82, 2.24) is 33.0 Å². The molecule has 0 amide bonds. The van der Waals surface area contributed by atoms with Crippen LogP contribution in [0.1, 0.15) is 24.5 Å². The second-order valence-corrected chi connectivity index (χ2v) is 10.5. The first-order valence-corrected chi connectivity index (χ1v) is 12.6. The van der Waals surface area contributed by atoms with Crippen LogP contribution in [0.2, 0.25) is 0 Å². The van der Waals surface area contributed by atoms with E-state index in [2.05, 4.69) is 15.2 Å². The fourth-order valence-electron chi connectivity index (χ4n) is 4.35. The van der Waals surface area contributed by atoms with Crippen LogP contribution >= 0.6 is 0 Å². The zero-order valence-corrected chi connectivity index (χ0v) is 20.4. The number of carbonyl (C=O) groups is 1. The first-order valence-electron chi connectivity index (χ1n) is 11.2. The Bertz CT molecular complexity index is 1590. The van der Waals surface area contributed by atoms with E-state index in [-0.39, 0.29) is 30.3 Å². The minimum Gasteiger partial charge on any atom is -0.457 e. The summed E-state index contributed by atoms with van der Waals surface area (Å²) in [6.07, 6.45) is 2.19. The molecule has 0 unspecified atom stereocenters. The van der Waals surface area contributed by atoms with E-state index in [0.29, 0.717) is 41.2 Å². The Morgan fingerprint density at radius 1 is 1.14 bits per heavy atom. The van der Waals surface area contributed by atoms with Crippen molar-refractivity contribution in [3.8, 4) is 0 Å². The largest absolute Gasteiger partial charge is 0.457 e. The summed E-state index contributed by atoms with van der Waals surface area (Å²) in [7, 11) is -0.359. The van der Waals surface area contributed by atoms with Crippen LogP contribution in [0.4, 0.5) is 0 Å². The number of sulfonamides is 1. The summed E-state index contributed by atoms with van der Waals surface area (Å²) < 4.78 is 37.4. The summed E-state index contributed by atoms with van der Waals surface area (Å²) in [5.41, 5.74) is 0.441. The quantitative estimate of drug-likeness (QED) is 0.368. The van der Waals surface area contributed by atoms with Gasteiger partial charge in [0.1, 0.15) is 5.82 Å². The van der Waals surface area contributed by atoms with Crippen LogP contribution in [0, 0.1) is 12.8 Å². The fraction of sp³-hybridized carbons (Fsp3) is 0.409. The van der Waals surface area contributed by atoms with Gasteiger partial charge in [0.15, 0.2) is 17.5 Å². The van der Waals surface area contributed by atoms with E-state index in [9.17, 15) is 18.0 Å². The summed E-state index contributed by atoms with van der Waals surface area (Å²) in [4.78, 5) is 29.5. The Hall–Kier alpha value is -3.58. The molecule has 12 nitrogen and oxygen atoms in total. The molecular formula is C22H25N7O5S. The third kappa shape index (κ3) is 3.90. The Morgan fingerprint density at radius 3 is 2.54 bits per heavy atom. The lowest BCUT2D eigenvalue weighted by atomic mass is 9.98. The highest BCUT2D eigenvalue weighted by atomic mass is 32.2. The molecule has 0 radical (unpaired) electrons. The van der Waals surface area contributed by atoms with Gasteiger partial charge in [-0.3, -0.25) is 18.6 Å². The number of aryl methyl sites for hydroxylation is 3. The molecule has 5 rings (SSSR count). The maximum Gasteiger partial charge on any atom is 0.309 e. The number of imidazole rings is 1. The number of para-hydroxylation sites is 1. The number of piperidine rings is 1. The van der Waals surface area contributed by atoms with Crippen LogP contribution in [0.5, 0.6) is 0 Å². The Balaban J connectivity index is 1.28. The predicted octanol–water partition coefficient (Wildman–Crippen LogP) is 0.767. The smallest absolute Gasteiger partial charge is 0.309 e. The third-order valence-corrected chi connectivity index (χ3v) is 8.28. The van der Waals surface area contributed by atoms with Gasteiger partial charge in [0.25, 0.3) is 15.6 Å². The van der Waals surface area contributed by atoms with Gasteiger partial charge in [-0.1, -0.05) is 12.1 Å². The van der Waals surface area contributed by atoms with Crippen molar-refractivity contribution >= 4 is 32.7 Å². The topological polar surface area (TPSA) is 134 Å². The molecule has 0 N–H and O–H groups in total. The highest BCUT2D eigenvalue weighted by molar-refractivity contribution is 7.89. The average Bonchev–Trinajstić information content (AvgIpc) is 3.44. The second-order valence-electron chi connectivity index (χ2n) is 8.66. The van der Waals surface area contributed by atoms with Crippen molar-refractivity contribution < 1.29 is 17.9 Å². The Morgan fingerprint density at radius 2 is 1.86 bits per heavy atom. The lowest BCUT2D eigenvalue weighted by Crippen LogP contribution is -2.40. The number of rotatable bonds is 5. The Labute approximate surface area is 200 Å². The number of nitrogens with zero attached hydrogens (tertiary/aromatic N) is 7. The standard InChI is InChI=1S/C22H25N7O5S/c1-14-23-19(12-26(14)2)35(32,33)28-10-8-15(9-11-28)21(31)34-13-18-24-25-22-27(3)20(30)16-6-4-5-7-17(16)29(18)22/h4-7,12,15H,8-11,13H2,1-3H3. The van der Waals surface area contributed by atoms with Crippen LogP contribution in [0.3, 0.4) is 0 Å². The van der Waals surface area contributed by atoms with Crippen molar-refractivity contribution in [2.75, 3.05) is 13.1 Å². The lowest BCUT2D eigenvalue weighted by molar-refractivity contribution is -0.151. The highest BCUT2D eigenvalue weighted by Gasteiger charge is 2.34. The molecule has 0 aliphatic carbocycles. The SMILES string of the molecule is Cc1nc(S(=O)(=O)N2CCC(C(=O)OCc3nnc4n(C)c(=O)c5ccccc5n34)CC2)cn1C. The van der Waals surface area contributed by atoms with Gasteiger partial charge in [0.2, 0.25) is 5.78 Å². The van der Waals surface area contributed by atoms with Gasteiger partial charge in [0, 0.05) is 33.4 Å². The number of hydrogen-bond acceptors (Lipinski definition) is 8. The molecule has 184 valence electrons. The molecule has 35 heavy (non-hydrogen) atoms. The monoisotopic (exact) mass is 499 g/mol. The number of hydrogen-bond donors (Lipinski definition) is 0. The molecule has 0 bridgehead atoms. The summed E-state index contributed by atoms with van der Waals surface area (Å²) in [5, 5.41) is 8.75. The summed E-state index contributed by atoms with van der Waals surface area (Å²) in [5.74, 6) is 0.512. The molecule has 0 saturated carbocycles. The number of carbonyl (C=O) groups excluding carboxylic acids is 1. The van der Waals surface area contributed by atoms with E-state index in [0.717, 1.165) is 0 Å². The predicted molar refractivity (Wildman–Crippen MR) is 125 cm³/mol. The van der Waals surface area contributed by atoms with Crippen LogP contribution in [-0.2, 0) is 40.3 Å². The number of esters is 1. The molecule has 1 aliphatic rings. The van der Waals surface area contributed by atoms with Crippen LogP contribution in [-0.4, -0.2) is 60.5 Å². The molecule has 3 aromatic heterocycles. The fourth-order valence-corrected chi connectivity index (χ4v) is 5.85. The van der Waals surface area contributed by atoms with Gasteiger partial charge in [-0.25, -0.2) is 13.4 Å². The van der Waals surface area contributed by atoms with E-state index in [1.165, 1.54) is 15.1 Å². The number of ether oxygens (including phenoxy) is 1. The van der Waals surface area contributed by atoms with Gasteiger partial charge in [0.05, 0.1) is 16.8 Å². The minimum atomic E-state index is -3.71. The summed E-state index contributed by atoms with van der Waals surface area (Å²) in [6, 6.07) is 7.10. The van der Waals surface area contributed by atoms with E-state index in [1.54, 1.807) is 48.2 Å². The molecular weight excluding hydrogens is 474 g/mol. The first kappa shape index (κ1) is 23.2. The van der Waals surface area contributed by atoms with Gasteiger partial charge in [-0.15, -0.1) is 10.2 Å². The van der Waals surface area contributed by atoms with Crippen molar-refractivity contribution in [2.24, 2.45) is 20.0 Å². The minimum absolute atomic E-state index is 0.0128. The molecule has 1 aromatic carbocycles. The van der Waals surface area contributed by atoms with Crippen LogP contribution in [0.15, 0.2) is 40.3 Å². The van der Waals surface area contributed by atoms with E-state index in [1.807, 2.05) is 6.07 Å².